The molecule has 0 aromatic heterocycles. The molecule has 0 aliphatic carbocycles. The van der Waals surface area contributed by atoms with Gasteiger partial charge in [0.15, 0.2) is 6.10 Å². The number of aryl methyl sites for hydroxylation is 2. The van der Waals surface area contributed by atoms with Crippen LogP contribution in [0.1, 0.15) is 59.3 Å². The summed E-state index contributed by atoms with van der Waals surface area (Å²) in [5, 5.41) is 9.25. The van der Waals surface area contributed by atoms with E-state index in [4.69, 9.17) is 14.2 Å². The lowest BCUT2D eigenvalue weighted by Crippen LogP contribution is -2.12. The molecule has 1 N–H and O–H groups in total. The summed E-state index contributed by atoms with van der Waals surface area (Å²) in [4.78, 5) is 11.3. The second-order valence-corrected chi connectivity index (χ2v) is 10.9. The van der Waals surface area contributed by atoms with E-state index in [1.165, 1.54) is 12.1 Å². The minimum absolute atomic E-state index is 0.0913. The molecular formula is C33H32BrFO5. The SMILES string of the molecule is COc1cc(C(Oc2ccc(F)cc2)c2cccc(C)c2)c(Oc2c(C)cc(CC(=O)O)cc2Br)cc1C(C)C. The van der Waals surface area contributed by atoms with Gasteiger partial charge in [0.05, 0.1) is 18.0 Å². The molecule has 208 valence electrons. The van der Waals surface area contributed by atoms with Crippen molar-refractivity contribution in [3.05, 3.63) is 116 Å². The van der Waals surface area contributed by atoms with Gasteiger partial charge in [0.2, 0.25) is 0 Å². The van der Waals surface area contributed by atoms with E-state index in [-0.39, 0.29) is 18.2 Å². The Hall–Kier alpha value is -3.84. The first-order chi connectivity index (χ1) is 19.0. The van der Waals surface area contributed by atoms with Crippen molar-refractivity contribution < 1.29 is 28.5 Å². The zero-order valence-electron chi connectivity index (χ0n) is 23.1. The highest BCUT2D eigenvalue weighted by Gasteiger charge is 2.26. The van der Waals surface area contributed by atoms with Gasteiger partial charge in [-0.3, -0.25) is 4.79 Å². The van der Waals surface area contributed by atoms with E-state index in [1.54, 1.807) is 25.3 Å². The van der Waals surface area contributed by atoms with Crippen LogP contribution < -0.4 is 14.2 Å². The Balaban J connectivity index is 1.91. The van der Waals surface area contributed by atoms with Gasteiger partial charge in [-0.2, -0.15) is 0 Å². The summed E-state index contributed by atoms with van der Waals surface area (Å²) in [6.07, 6.45) is -0.702. The van der Waals surface area contributed by atoms with Gasteiger partial charge in [0.1, 0.15) is 28.8 Å². The van der Waals surface area contributed by atoms with Crippen LogP contribution in [0.3, 0.4) is 0 Å². The van der Waals surface area contributed by atoms with Crippen LogP contribution in [0, 0.1) is 19.7 Å². The Morgan fingerprint density at radius 2 is 1.65 bits per heavy atom. The molecule has 0 aliphatic heterocycles. The van der Waals surface area contributed by atoms with Gasteiger partial charge >= 0.3 is 5.97 Å². The van der Waals surface area contributed by atoms with Crippen LogP contribution in [0.4, 0.5) is 4.39 Å². The third kappa shape index (κ3) is 6.83. The normalized spacial score (nSPS) is 11.8. The Morgan fingerprint density at radius 1 is 0.950 bits per heavy atom. The van der Waals surface area contributed by atoms with Gasteiger partial charge in [-0.25, -0.2) is 4.39 Å². The fourth-order valence-corrected chi connectivity index (χ4v) is 5.31. The van der Waals surface area contributed by atoms with Crippen molar-refractivity contribution in [3.8, 4) is 23.0 Å². The van der Waals surface area contributed by atoms with Gasteiger partial charge in [0.25, 0.3) is 0 Å². The third-order valence-corrected chi connectivity index (χ3v) is 7.12. The molecule has 1 unspecified atom stereocenters. The average Bonchev–Trinajstić information content (AvgIpc) is 2.89. The van der Waals surface area contributed by atoms with Gasteiger partial charge < -0.3 is 19.3 Å². The monoisotopic (exact) mass is 606 g/mol. The van der Waals surface area contributed by atoms with Crippen molar-refractivity contribution in [1.29, 1.82) is 0 Å². The van der Waals surface area contributed by atoms with Crippen molar-refractivity contribution in [3.63, 3.8) is 0 Å². The summed E-state index contributed by atoms with van der Waals surface area (Å²) in [6.45, 7) is 8.05. The number of ether oxygens (including phenoxy) is 3. The minimum atomic E-state index is -0.905. The molecule has 4 aromatic rings. The lowest BCUT2D eigenvalue weighted by atomic mass is 9.94. The van der Waals surface area contributed by atoms with E-state index in [2.05, 4.69) is 29.8 Å². The van der Waals surface area contributed by atoms with E-state index >= 15 is 0 Å². The Kier molecular flexibility index (Phi) is 9.15. The highest BCUT2D eigenvalue weighted by Crippen LogP contribution is 2.44. The molecule has 0 aliphatic rings. The number of halogens is 2. The molecule has 7 heteroatoms. The standard InChI is InChI=1S/C33H32BrFO5/c1-19(2)26-17-30(40-32-21(4)14-22(15-28(32)34)16-31(36)37)27(18-29(26)38-5)33(23-8-6-7-20(3)13-23)39-25-11-9-24(35)10-12-25/h6-15,17-19,33H,16H2,1-5H3,(H,36,37). The maximum Gasteiger partial charge on any atom is 0.307 e. The van der Waals surface area contributed by atoms with Crippen molar-refractivity contribution >= 4 is 21.9 Å². The highest BCUT2D eigenvalue weighted by atomic mass is 79.9. The number of carboxylic acids is 1. The highest BCUT2D eigenvalue weighted by molar-refractivity contribution is 9.10. The molecule has 0 heterocycles. The van der Waals surface area contributed by atoms with Gasteiger partial charge in [-0.1, -0.05) is 49.7 Å². The fourth-order valence-electron chi connectivity index (χ4n) is 4.62. The number of hydrogen-bond acceptors (Lipinski definition) is 4. The summed E-state index contributed by atoms with van der Waals surface area (Å²) in [7, 11) is 1.63. The van der Waals surface area contributed by atoms with Crippen LogP contribution >= 0.6 is 15.9 Å². The number of aliphatic carboxylic acids is 1. The predicted octanol–water partition coefficient (Wildman–Crippen LogP) is 8.92. The van der Waals surface area contributed by atoms with E-state index in [0.717, 1.165) is 27.8 Å². The molecule has 4 aromatic carbocycles. The summed E-state index contributed by atoms with van der Waals surface area (Å²) in [6, 6.07) is 21.4. The first-order valence-electron chi connectivity index (χ1n) is 12.9. The Labute approximate surface area is 242 Å². The molecule has 1 atom stereocenters. The maximum absolute atomic E-state index is 13.7. The average molecular weight is 608 g/mol. The molecule has 40 heavy (non-hydrogen) atoms. The molecule has 0 spiro atoms. The molecule has 0 amide bonds. The van der Waals surface area contributed by atoms with E-state index in [0.29, 0.717) is 33.0 Å². The van der Waals surface area contributed by atoms with Crippen molar-refractivity contribution in [2.24, 2.45) is 0 Å². The molecule has 0 saturated heterocycles. The first kappa shape index (κ1) is 29.2. The molecule has 5 nitrogen and oxygen atoms in total. The van der Waals surface area contributed by atoms with Crippen LogP contribution in [0.15, 0.2) is 77.3 Å². The topological polar surface area (TPSA) is 65.0 Å². The zero-order valence-corrected chi connectivity index (χ0v) is 24.7. The number of carboxylic acid groups (broad SMARTS) is 1. The van der Waals surface area contributed by atoms with Gasteiger partial charge in [-0.05, 0) is 94.9 Å². The van der Waals surface area contributed by atoms with Crippen molar-refractivity contribution in [2.45, 2.75) is 46.1 Å². The number of carbonyl (C=O) groups is 1. The Bertz CT molecular complexity index is 1490. The van der Waals surface area contributed by atoms with Gasteiger partial charge in [0, 0.05) is 11.1 Å². The van der Waals surface area contributed by atoms with Crippen LogP contribution in [-0.2, 0) is 11.2 Å². The zero-order chi connectivity index (χ0) is 29.0. The second kappa shape index (κ2) is 12.6. The summed E-state index contributed by atoms with van der Waals surface area (Å²) >= 11 is 3.59. The Morgan fingerprint density at radius 3 is 2.25 bits per heavy atom. The van der Waals surface area contributed by atoms with Crippen molar-refractivity contribution in [1.82, 2.24) is 0 Å². The maximum atomic E-state index is 13.7. The first-order valence-corrected chi connectivity index (χ1v) is 13.7. The molecule has 0 saturated carbocycles. The van der Waals surface area contributed by atoms with Crippen molar-refractivity contribution in [2.75, 3.05) is 7.11 Å². The molecule has 0 fully saturated rings. The minimum Gasteiger partial charge on any atom is -0.496 e. The summed E-state index contributed by atoms with van der Waals surface area (Å²) in [5.41, 5.74) is 5.08. The lowest BCUT2D eigenvalue weighted by molar-refractivity contribution is -0.136. The number of methoxy groups -OCH3 is 1. The van der Waals surface area contributed by atoms with Crippen LogP contribution in [0.5, 0.6) is 23.0 Å². The third-order valence-electron chi connectivity index (χ3n) is 6.54. The number of benzene rings is 4. The quantitative estimate of drug-likeness (QED) is 0.195. The summed E-state index contributed by atoms with van der Waals surface area (Å²) in [5.74, 6) is 1.22. The van der Waals surface area contributed by atoms with Crippen LogP contribution in [-0.4, -0.2) is 18.2 Å². The number of hydrogen-bond donors (Lipinski definition) is 1. The lowest BCUT2D eigenvalue weighted by Gasteiger charge is -2.26. The number of rotatable bonds is 10. The van der Waals surface area contributed by atoms with E-state index < -0.39 is 12.1 Å². The van der Waals surface area contributed by atoms with Gasteiger partial charge in [-0.15, -0.1) is 0 Å². The fraction of sp³-hybridized carbons (Fsp3) is 0.242. The molecule has 0 bridgehead atoms. The molecule has 4 rings (SSSR count). The molecular weight excluding hydrogens is 575 g/mol. The smallest absolute Gasteiger partial charge is 0.307 e. The summed E-state index contributed by atoms with van der Waals surface area (Å²) < 4.78 is 33.3. The van der Waals surface area contributed by atoms with E-state index in [9.17, 15) is 14.3 Å². The molecule has 0 radical (unpaired) electrons. The second-order valence-electron chi connectivity index (χ2n) is 10.0. The largest absolute Gasteiger partial charge is 0.496 e. The van der Waals surface area contributed by atoms with Crippen LogP contribution in [0.25, 0.3) is 0 Å². The van der Waals surface area contributed by atoms with E-state index in [1.807, 2.05) is 56.3 Å². The van der Waals surface area contributed by atoms with Crippen LogP contribution in [0.2, 0.25) is 0 Å². The predicted molar refractivity (Wildman–Crippen MR) is 157 cm³/mol.